The minimum absolute atomic E-state index is 0.279. The molecule has 0 amide bonds. The van der Waals surface area contributed by atoms with Crippen molar-refractivity contribution in [3.63, 3.8) is 0 Å². The van der Waals surface area contributed by atoms with Gasteiger partial charge in [-0.25, -0.2) is 0 Å². The van der Waals surface area contributed by atoms with E-state index in [1.807, 2.05) is 36.4 Å². The highest BCUT2D eigenvalue weighted by Crippen LogP contribution is 2.33. The van der Waals surface area contributed by atoms with Crippen LogP contribution in [0.15, 0.2) is 125 Å². The van der Waals surface area contributed by atoms with E-state index in [9.17, 15) is 13.2 Å². The fraction of sp³-hybridized carbons (Fsp3) is 0.118. The second-order valence-corrected chi connectivity index (χ2v) is 10.1. The Balaban J connectivity index is 1.10. The van der Waals surface area contributed by atoms with Gasteiger partial charge >= 0.3 is 6.18 Å². The van der Waals surface area contributed by atoms with Crippen LogP contribution in [-0.2, 0) is 6.18 Å². The molecule has 41 heavy (non-hydrogen) atoms. The number of allylic oxidation sites excluding steroid dienone is 7. The first kappa shape index (κ1) is 26.3. The van der Waals surface area contributed by atoms with Crippen molar-refractivity contribution in [1.29, 1.82) is 5.41 Å². The summed E-state index contributed by atoms with van der Waals surface area (Å²) in [5.74, 6) is 0. The lowest BCUT2D eigenvalue weighted by atomic mass is 9.92. The molecule has 204 valence electrons. The third-order valence-electron chi connectivity index (χ3n) is 7.38. The van der Waals surface area contributed by atoms with Crippen LogP contribution in [0.4, 0.5) is 18.9 Å². The van der Waals surface area contributed by atoms with E-state index in [0.29, 0.717) is 16.8 Å². The Morgan fingerprint density at radius 3 is 2.34 bits per heavy atom. The van der Waals surface area contributed by atoms with Crippen molar-refractivity contribution in [3.05, 3.63) is 137 Å². The molecule has 7 heteroatoms. The van der Waals surface area contributed by atoms with Gasteiger partial charge in [-0.05, 0) is 94.3 Å². The van der Waals surface area contributed by atoms with E-state index in [1.54, 1.807) is 30.4 Å². The van der Waals surface area contributed by atoms with Crippen LogP contribution < -0.4 is 10.7 Å². The number of benzene rings is 3. The lowest BCUT2D eigenvalue weighted by Crippen LogP contribution is -2.18. The first-order valence-corrected chi connectivity index (χ1v) is 13.4. The second kappa shape index (κ2) is 10.9. The number of anilines is 1. The van der Waals surface area contributed by atoms with E-state index in [2.05, 4.69) is 40.1 Å². The average Bonchev–Trinajstić information content (AvgIpc) is 3.00. The normalized spacial score (nSPS) is 17.6. The zero-order valence-electron chi connectivity index (χ0n) is 22.1. The topological polar surface area (TPSA) is 60.3 Å². The number of hydrazone groups is 1. The summed E-state index contributed by atoms with van der Waals surface area (Å²) in [6, 6.07) is 20.9. The number of hydrogen-bond donors (Lipinski definition) is 3. The predicted octanol–water partition coefficient (Wildman–Crippen LogP) is 8.40. The molecule has 1 heterocycles. The molecule has 0 spiro atoms. The molecule has 3 aromatic rings. The van der Waals surface area contributed by atoms with Crippen LogP contribution in [0.3, 0.4) is 0 Å². The SMILES string of the molecule is N=C1C=C(c2ccc(-c3cccc(C(F)(F)F)c3)cc2)C=C/C1=N/NC1=CC=C(C2=Cc3ccccc3NC2)CC1. The van der Waals surface area contributed by atoms with Crippen LogP contribution in [0.1, 0.15) is 29.5 Å². The molecular weight excluding hydrogens is 521 g/mol. The molecule has 2 aliphatic carbocycles. The van der Waals surface area contributed by atoms with Gasteiger partial charge in [-0.1, -0.05) is 66.7 Å². The van der Waals surface area contributed by atoms with Gasteiger partial charge in [0, 0.05) is 17.9 Å². The van der Waals surface area contributed by atoms with E-state index in [0.717, 1.165) is 54.0 Å². The molecule has 0 unspecified atom stereocenters. The number of alkyl halides is 3. The molecule has 0 radical (unpaired) electrons. The summed E-state index contributed by atoms with van der Waals surface area (Å²) in [6.45, 7) is 0.812. The number of nitrogens with zero attached hydrogens (tertiary/aromatic N) is 1. The minimum atomic E-state index is -4.38. The van der Waals surface area contributed by atoms with E-state index in [-0.39, 0.29) is 5.71 Å². The molecular formula is C34H27F3N4. The van der Waals surface area contributed by atoms with Gasteiger partial charge in [0.2, 0.25) is 0 Å². The predicted molar refractivity (Wildman–Crippen MR) is 161 cm³/mol. The third kappa shape index (κ3) is 5.84. The number of halogens is 3. The Kier molecular flexibility index (Phi) is 7.01. The molecule has 0 saturated carbocycles. The van der Waals surface area contributed by atoms with E-state index in [4.69, 9.17) is 5.41 Å². The Labute approximate surface area is 236 Å². The minimum Gasteiger partial charge on any atom is -0.380 e. The first-order valence-electron chi connectivity index (χ1n) is 13.4. The fourth-order valence-corrected chi connectivity index (χ4v) is 5.09. The Morgan fingerprint density at radius 2 is 1.59 bits per heavy atom. The van der Waals surface area contributed by atoms with Crippen LogP contribution in [0.25, 0.3) is 22.8 Å². The zero-order chi connectivity index (χ0) is 28.4. The van der Waals surface area contributed by atoms with Crippen LogP contribution >= 0.6 is 0 Å². The molecule has 3 aromatic carbocycles. The summed E-state index contributed by atoms with van der Waals surface area (Å²) in [6.07, 6.45) is 9.23. The molecule has 6 rings (SSSR count). The quantitative estimate of drug-likeness (QED) is 0.221. The van der Waals surface area contributed by atoms with Crippen LogP contribution in [0.5, 0.6) is 0 Å². The highest BCUT2D eigenvalue weighted by atomic mass is 19.4. The van der Waals surface area contributed by atoms with Crippen molar-refractivity contribution in [3.8, 4) is 11.1 Å². The van der Waals surface area contributed by atoms with Gasteiger partial charge in [0.15, 0.2) is 0 Å². The standard InChI is InChI=1S/C34H27F3N4/c35-34(36,37)29-6-3-5-25(19-29)22-8-10-23(11-9-22)26-14-17-33(31(38)20-26)41-40-30-15-12-24(13-16-30)28-18-27-4-1-2-7-32(27)39-21-28/h1-12,14-15,17-20,38-40H,13,16,21H2/b38-31?,41-33-. The summed E-state index contributed by atoms with van der Waals surface area (Å²) in [5.41, 5.74) is 12.1. The number of fused-ring (bicyclic) bond motifs is 1. The lowest BCUT2D eigenvalue weighted by Gasteiger charge is -2.22. The summed E-state index contributed by atoms with van der Waals surface area (Å²) in [7, 11) is 0. The van der Waals surface area contributed by atoms with Crippen LogP contribution in [0.2, 0.25) is 0 Å². The maximum atomic E-state index is 13.1. The van der Waals surface area contributed by atoms with Crippen molar-refractivity contribution < 1.29 is 13.2 Å². The molecule has 0 bridgehead atoms. The Bertz CT molecular complexity index is 1700. The van der Waals surface area contributed by atoms with Gasteiger partial charge in [0.25, 0.3) is 0 Å². The van der Waals surface area contributed by atoms with Crippen molar-refractivity contribution >= 4 is 28.8 Å². The van der Waals surface area contributed by atoms with Gasteiger partial charge in [-0.15, -0.1) is 0 Å². The molecule has 0 saturated heterocycles. The second-order valence-electron chi connectivity index (χ2n) is 10.1. The Hall–Kier alpha value is -4.91. The average molecular weight is 549 g/mol. The van der Waals surface area contributed by atoms with E-state index >= 15 is 0 Å². The van der Waals surface area contributed by atoms with Crippen molar-refractivity contribution in [1.82, 2.24) is 5.43 Å². The molecule has 3 aliphatic rings. The number of nitrogens with one attached hydrogen (secondary N) is 3. The van der Waals surface area contributed by atoms with Crippen LogP contribution in [-0.4, -0.2) is 18.0 Å². The van der Waals surface area contributed by atoms with Crippen molar-refractivity contribution in [2.75, 3.05) is 11.9 Å². The maximum absolute atomic E-state index is 13.1. The highest BCUT2D eigenvalue weighted by Gasteiger charge is 2.30. The molecule has 4 nitrogen and oxygen atoms in total. The number of hydrogen-bond acceptors (Lipinski definition) is 4. The number of rotatable bonds is 5. The van der Waals surface area contributed by atoms with Gasteiger partial charge < -0.3 is 5.32 Å². The summed E-state index contributed by atoms with van der Waals surface area (Å²) >= 11 is 0. The molecule has 3 N–H and O–H groups in total. The molecule has 0 aromatic heterocycles. The molecule has 0 fully saturated rings. The largest absolute Gasteiger partial charge is 0.416 e. The Morgan fingerprint density at radius 1 is 0.780 bits per heavy atom. The van der Waals surface area contributed by atoms with Crippen LogP contribution in [0, 0.1) is 5.41 Å². The molecule has 0 atom stereocenters. The summed E-state index contributed by atoms with van der Waals surface area (Å²) in [5, 5.41) is 16.4. The van der Waals surface area contributed by atoms with Gasteiger partial charge in [0.05, 0.1) is 11.3 Å². The van der Waals surface area contributed by atoms with E-state index in [1.165, 1.54) is 22.8 Å². The maximum Gasteiger partial charge on any atom is 0.416 e. The zero-order valence-corrected chi connectivity index (χ0v) is 22.1. The lowest BCUT2D eigenvalue weighted by molar-refractivity contribution is -0.137. The smallest absolute Gasteiger partial charge is 0.380 e. The summed E-state index contributed by atoms with van der Waals surface area (Å²) < 4.78 is 39.3. The fourth-order valence-electron chi connectivity index (χ4n) is 5.09. The van der Waals surface area contributed by atoms with E-state index < -0.39 is 11.7 Å². The van der Waals surface area contributed by atoms with Gasteiger partial charge in [-0.2, -0.15) is 18.3 Å². The number of para-hydroxylation sites is 1. The monoisotopic (exact) mass is 548 g/mol. The van der Waals surface area contributed by atoms with Gasteiger partial charge in [0.1, 0.15) is 5.71 Å². The van der Waals surface area contributed by atoms with Gasteiger partial charge in [-0.3, -0.25) is 10.8 Å². The highest BCUT2D eigenvalue weighted by molar-refractivity contribution is 6.51. The van der Waals surface area contributed by atoms with Crippen molar-refractivity contribution in [2.24, 2.45) is 5.10 Å². The summed E-state index contributed by atoms with van der Waals surface area (Å²) in [4.78, 5) is 0. The molecule has 1 aliphatic heterocycles. The third-order valence-corrected chi connectivity index (χ3v) is 7.38. The first-order chi connectivity index (χ1) is 19.8. The van der Waals surface area contributed by atoms with Crippen molar-refractivity contribution in [2.45, 2.75) is 19.0 Å².